The summed E-state index contributed by atoms with van der Waals surface area (Å²) in [6, 6.07) is 14.7. The standard InChI is InChI=1S/C9H7.C7H13NO.C2H6Si.2ClH.Ti/c1-2-5-9-7-3-6-8(9)4-1;8-7(9)6-4-2-1-3-5-6;1-3-2;;;/h1-7H;6H,1-5H2,(H2,8,9);1-2H3;2*1H;/q-1;;;;;+4/p-3. The Balaban J connectivity index is -0.000000286. The third-order valence-corrected chi connectivity index (χ3v) is 3.52. The Morgan fingerprint density at radius 3 is 2.08 bits per heavy atom. The summed E-state index contributed by atoms with van der Waals surface area (Å²) in [5, 5.41) is 2.66. The largest absolute Gasteiger partial charge is 4.00 e. The SMILES string of the molecule is C[Si]C.[Cl-].[Cl-].[NH-]C(=O)C1CCCCC1.[Ti+4].c1ccc2[cH-]ccc2c1. The fraction of sp³-hybridized carbons (Fsp3) is 0.444. The second-order valence-electron chi connectivity index (χ2n) is 5.35. The van der Waals surface area contributed by atoms with Crippen molar-refractivity contribution in [2.24, 2.45) is 5.92 Å². The first-order valence-corrected chi connectivity index (χ1v) is 9.63. The molecule has 0 spiro atoms. The van der Waals surface area contributed by atoms with Crippen LogP contribution >= 0.6 is 0 Å². The van der Waals surface area contributed by atoms with E-state index in [1.807, 2.05) is 0 Å². The normalized spacial score (nSPS) is 12.8. The van der Waals surface area contributed by atoms with Gasteiger partial charge < -0.3 is 35.3 Å². The molecule has 6 heteroatoms. The van der Waals surface area contributed by atoms with Gasteiger partial charge in [0.25, 0.3) is 0 Å². The van der Waals surface area contributed by atoms with Crippen molar-refractivity contribution in [2.45, 2.75) is 45.2 Å². The zero-order valence-electron chi connectivity index (χ0n) is 14.3. The maximum Gasteiger partial charge on any atom is 4.00 e. The van der Waals surface area contributed by atoms with E-state index < -0.39 is 0 Å². The number of carbonyl (C=O) groups excluding carboxylic acids is 1. The first-order chi connectivity index (χ1) is 10.2. The summed E-state index contributed by atoms with van der Waals surface area (Å²) in [6.45, 7) is 4.31. The third kappa shape index (κ3) is 11.4. The van der Waals surface area contributed by atoms with E-state index in [0.717, 1.165) is 35.2 Å². The molecular formula is C18H25Cl2NOSiTi. The molecule has 130 valence electrons. The van der Waals surface area contributed by atoms with Gasteiger partial charge in [0.1, 0.15) is 0 Å². The smallest absolute Gasteiger partial charge is 1.00 e. The van der Waals surface area contributed by atoms with Crippen LogP contribution in [-0.2, 0) is 26.5 Å². The number of nitrogens with one attached hydrogen (secondary N) is 1. The van der Waals surface area contributed by atoms with Crippen LogP contribution in [0.1, 0.15) is 32.1 Å². The molecular weight excluding hydrogens is 393 g/mol. The summed E-state index contributed by atoms with van der Waals surface area (Å²) in [7, 11) is 1.08. The molecule has 3 rings (SSSR count). The Labute approximate surface area is 176 Å². The van der Waals surface area contributed by atoms with Crippen molar-refractivity contribution < 1.29 is 51.3 Å². The van der Waals surface area contributed by atoms with Crippen LogP contribution < -0.4 is 24.8 Å². The van der Waals surface area contributed by atoms with Gasteiger partial charge in [0, 0.05) is 15.4 Å². The van der Waals surface area contributed by atoms with Gasteiger partial charge >= 0.3 is 21.7 Å². The molecule has 1 N–H and O–H groups in total. The van der Waals surface area contributed by atoms with Gasteiger partial charge in [-0.15, -0.1) is 29.7 Å². The van der Waals surface area contributed by atoms with Crippen molar-refractivity contribution >= 4 is 26.2 Å². The monoisotopic (exact) mass is 417 g/mol. The van der Waals surface area contributed by atoms with E-state index in [1.54, 1.807) is 0 Å². The van der Waals surface area contributed by atoms with Crippen LogP contribution in [-0.4, -0.2) is 15.4 Å². The first kappa shape index (κ1) is 28.6. The summed E-state index contributed by atoms with van der Waals surface area (Å²) in [5.41, 5.74) is 6.83. The number of hydrogen-bond donors (Lipinski definition) is 0. The zero-order chi connectivity index (χ0) is 15.5. The van der Waals surface area contributed by atoms with Gasteiger partial charge in [-0.25, -0.2) is 0 Å². The number of benzene rings is 1. The number of rotatable bonds is 1. The van der Waals surface area contributed by atoms with E-state index in [-0.39, 0.29) is 58.4 Å². The molecule has 2 aromatic rings. The molecule has 0 aliphatic heterocycles. The fourth-order valence-electron chi connectivity index (χ4n) is 2.43. The van der Waals surface area contributed by atoms with Crippen LogP contribution in [0, 0.1) is 5.92 Å². The molecule has 0 unspecified atom stereocenters. The Morgan fingerprint density at radius 2 is 1.62 bits per heavy atom. The van der Waals surface area contributed by atoms with Crippen molar-refractivity contribution in [3.63, 3.8) is 0 Å². The summed E-state index contributed by atoms with van der Waals surface area (Å²) in [6.07, 6.45) is 5.47. The van der Waals surface area contributed by atoms with E-state index in [1.165, 1.54) is 17.2 Å². The second kappa shape index (κ2) is 17.6. The molecule has 1 saturated carbocycles. The summed E-state index contributed by atoms with van der Waals surface area (Å²) >= 11 is 0. The molecule has 24 heavy (non-hydrogen) atoms. The minimum atomic E-state index is -0.352. The molecule has 1 aliphatic rings. The molecule has 1 aliphatic carbocycles. The molecule has 2 radical (unpaired) electrons. The van der Waals surface area contributed by atoms with Crippen LogP contribution in [0.5, 0.6) is 0 Å². The summed E-state index contributed by atoms with van der Waals surface area (Å²) in [5.74, 6) is -0.270. The minimum absolute atomic E-state index is 0. The van der Waals surface area contributed by atoms with E-state index in [4.69, 9.17) is 5.73 Å². The van der Waals surface area contributed by atoms with Gasteiger partial charge in [-0.2, -0.15) is 17.5 Å². The fourth-order valence-corrected chi connectivity index (χ4v) is 2.43. The maximum absolute atomic E-state index is 10.5. The van der Waals surface area contributed by atoms with E-state index in [0.29, 0.717) is 0 Å². The van der Waals surface area contributed by atoms with Crippen LogP contribution in [0.3, 0.4) is 0 Å². The number of carbonyl (C=O) groups is 1. The quantitative estimate of drug-likeness (QED) is 0.455. The number of hydrogen-bond acceptors (Lipinski definition) is 1. The average molecular weight is 418 g/mol. The van der Waals surface area contributed by atoms with Crippen LogP contribution in [0.15, 0.2) is 42.5 Å². The van der Waals surface area contributed by atoms with Crippen molar-refractivity contribution in [1.29, 1.82) is 0 Å². The Morgan fingerprint density at radius 1 is 1.08 bits per heavy atom. The van der Waals surface area contributed by atoms with Crippen molar-refractivity contribution in [3.8, 4) is 0 Å². The van der Waals surface area contributed by atoms with E-state index >= 15 is 0 Å². The molecule has 0 atom stereocenters. The maximum atomic E-state index is 10.5. The van der Waals surface area contributed by atoms with Crippen LogP contribution in [0.4, 0.5) is 0 Å². The topological polar surface area (TPSA) is 40.9 Å². The van der Waals surface area contributed by atoms with Gasteiger partial charge in [-0.1, -0.05) is 38.4 Å². The van der Waals surface area contributed by atoms with E-state index in [2.05, 4.69) is 55.6 Å². The zero-order valence-corrected chi connectivity index (χ0v) is 18.4. The van der Waals surface area contributed by atoms with Crippen molar-refractivity contribution in [2.75, 3.05) is 0 Å². The van der Waals surface area contributed by atoms with Crippen LogP contribution in [0.2, 0.25) is 13.1 Å². The van der Waals surface area contributed by atoms with Gasteiger partial charge in [-0.05, 0) is 12.8 Å². The second-order valence-corrected chi connectivity index (χ2v) is 6.35. The molecule has 0 saturated heterocycles. The molecule has 0 bridgehead atoms. The number of fused-ring (bicyclic) bond motifs is 1. The summed E-state index contributed by atoms with van der Waals surface area (Å²) < 4.78 is 0. The molecule has 1 fully saturated rings. The predicted molar refractivity (Wildman–Crippen MR) is 92.9 cm³/mol. The predicted octanol–water partition coefficient (Wildman–Crippen LogP) is -0.503. The third-order valence-electron chi connectivity index (χ3n) is 3.52. The van der Waals surface area contributed by atoms with E-state index in [9.17, 15) is 4.79 Å². The van der Waals surface area contributed by atoms with Crippen molar-refractivity contribution in [1.82, 2.24) is 0 Å². The minimum Gasteiger partial charge on any atom is -1.00 e. The molecule has 2 aromatic carbocycles. The molecule has 1 amide bonds. The average Bonchev–Trinajstić information content (AvgIpc) is 2.98. The van der Waals surface area contributed by atoms with Gasteiger partial charge in [0.05, 0.1) is 5.91 Å². The number of halogens is 2. The molecule has 0 aromatic heterocycles. The van der Waals surface area contributed by atoms with Gasteiger partial charge in [0.2, 0.25) is 0 Å². The first-order valence-electron chi connectivity index (χ1n) is 7.63. The Hall–Kier alpha value is -0.189. The van der Waals surface area contributed by atoms with Gasteiger partial charge in [-0.3, -0.25) is 0 Å². The van der Waals surface area contributed by atoms with Crippen molar-refractivity contribution in [3.05, 3.63) is 48.2 Å². The molecule has 0 heterocycles. The Bertz CT molecular complexity index is 500. The van der Waals surface area contributed by atoms with Gasteiger partial charge in [0.15, 0.2) is 0 Å². The summed E-state index contributed by atoms with van der Waals surface area (Å²) in [4.78, 5) is 10.5. The Kier molecular flexibility index (Phi) is 21.0. The molecule has 2 nitrogen and oxygen atoms in total. The number of amides is 1. The van der Waals surface area contributed by atoms with Crippen LogP contribution in [0.25, 0.3) is 16.5 Å².